The summed E-state index contributed by atoms with van der Waals surface area (Å²) in [5.41, 5.74) is -0.483. The van der Waals surface area contributed by atoms with Gasteiger partial charge >= 0.3 is 0 Å². The summed E-state index contributed by atoms with van der Waals surface area (Å²) in [6.45, 7) is 7.17. The van der Waals surface area contributed by atoms with E-state index >= 15 is 0 Å². The van der Waals surface area contributed by atoms with E-state index in [9.17, 15) is 10.2 Å². The maximum atomic E-state index is 9.70. The van der Waals surface area contributed by atoms with Crippen LogP contribution in [0, 0.1) is 0 Å². The molecule has 0 aromatic heterocycles. The normalized spacial score (nSPS) is 27.8. The van der Waals surface area contributed by atoms with Gasteiger partial charge in [0.2, 0.25) is 0 Å². The van der Waals surface area contributed by atoms with Crippen molar-refractivity contribution < 1.29 is 10.2 Å². The van der Waals surface area contributed by atoms with Gasteiger partial charge in [0.25, 0.3) is 0 Å². The fourth-order valence-electron chi connectivity index (χ4n) is 1.53. The van der Waals surface area contributed by atoms with E-state index < -0.39 is 5.60 Å². The Hall–Kier alpha value is -0.120. The topological polar surface area (TPSA) is 43.7 Å². The number of nitrogens with zero attached hydrogens (tertiary/aromatic N) is 1. The van der Waals surface area contributed by atoms with Crippen LogP contribution < -0.4 is 0 Å². The Balaban J connectivity index is 2.34. The molecule has 72 valence electrons. The molecule has 3 nitrogen and oxygen atoms in total. The van der Waals surface area contributed by atoms with Crippen molar-refractivity contribution in [1.82, 2.24) is 4.90 Å². The van der Waals surface area contributed by atoms with Crippen molar-refractivity contribution in [3.8, 4) is 0 Å². The molecule has 3 heteroatoms. The molecular formula is C9H19NO2. The molecule has 0 saturated carbocycles. The monoisotopic (exact) mass is 173 g/mol. The first-order valence-electron chi connectivity index (χ1n) is 4.63. The maximum Gasteiger partial charge on any atom is 0.0897 e. The predicted molar refractivity (Wildman–Crippen MR) is 48.0 cm³/mol. The highest BCUT2D eigenvalue weighted by Gasteiger charge is 2.42. The summed E-state index contributed by atoms with van der Waals surface area (Å²) < 4.78 is 0. The fraction of sp³-hybridized carbons (Fsp3) is 1.00. The SMILES string of the molecule is CCC1(O)CN(C(C)C(C)O)C1. The van der Waals surface area contributed by atoms with E-state index in [2.05, 4.69) is 4.90 Å². The minimum absolute atomic E-state index is 0.164. The van der Waals surface area contributed by atoms with Gasteiger partial charge in [-0.1, -0.05) is 6.92 Å². The van der Waals surface area contributed by atoms with E-state index in [0.717, 1.165) is 6.42 Å². The molecular weight excluding hydrogens is 154 g/mol. The van der Waals surface area contributed by atoms with Crippen LogP contribution in [0.5, 0.6) is 0 Å². The van der Waals surface area contributed by atoms with E-state index in [1.54, 1.807) is 6.92 Å². The molecule has 0 aromatic rings. The first kappa shape index (κ1) is 9.96. The molecule has 0 bridgehead atoms. The lowest BCUT2D eigenvalue weighted by atomic mass is 9.89. The van der Waals surface area contributed by atoms with Gasteiger partial charge in [0, 0.05) is 19.1 Å². The summed E-state index contributed by atoms with van der Waals surface area (Å²) in [5.74, 6) is 0. The van der Waals surface area contributed by atoms with Crippen molar-refractivity contribution in [3.63, 3.8) is 0 Å². The van der Waals surface area contributed by atoms with Crippen LogP contribution in [0.3, 0.4) is 0 Å². The third kappa shape index (κ3) is 1.79. The summed E-state index contributed by atoms with van der Waals surface area (Å²) in [6, 6.07) is 0.164. The first-order chi connectivity index (χ1) is 5.48. The molecule has 1 rings (SSSR count). The highest BCUT2D eigenvalue weighted by molar-refractivity contribution is 4.97. The minimum Gasteiger partial charge on any atom is -0.392 e. The van der Waals surface area contributed by atoms with E-state index in [1.807, 2.05) is 13.8 Å². The predicted octanol–water partition coefficient (Wildman–Crippen LogP) is 0.212. The van der Waals surface area contributed by atoms with Gasteiger partial charge in [-0.25, -0.2) is 0 Å². The van der Waals surface area contributed by atoms with Crippen molar-refractivity contribution >= 4 is 0 Å². The van der Waals surface area contributed by atoms with Crippen LogP contribution in [0.2, 0.25) is 0 Å². The van der Waals surface area contributed by atoms with Gasteiger partial charge in [0.15, 0.2) is 0 Å². The first-order valence-corrected chi connectivity index (χ1v) is 4.63. The maximum absolute atomic E-state index is 9.70. The average molecular weight is 173 g/mol. The standard InChI is InChI=1S/C9H19NO2/c1-4-9(12)5-10(6-9)7(2)8(3)11/h7-8,11-12H,4-6H2,1-3H3. The fourth-order valence-corrected chi connectivity index (χ4v) is 1.53. The molecule has 0 radical (unpaired) electrons. The number of aliphatic hydroxyl groups is 2. The molecule has 2 unspecified atom stereocenters. The van der Waals surface area contributed by atoms with Crippen LogP contribution in [0.25, 0.3) is 0 Å². The third-order valence-corrected chi connectivity index (χ3v) is 2.93. The number of hydrogen-bond acceptors (Lipinski definition) is 3. The quantitative estimate of drug-likeness (QED) is 0.641. The Kier molecular flexibility index (Phi) is 2.76. The lowest BCUT2D eigenvalue weighted by Crippen LogP contribution is -2.65. The van der Waals surface area contributed by atoms with E-state index in [4.69, 9.17) is 0 Å². The van der Waals surface area contributed by atoms with Crippen molar-refractivity contribution in [1.29, 1.82) is 0 Å². The molecule has 2 atom stereocenters. The zero-order chi connectivity index (χ0) is 9.35. The summed E-state index contributed by atoms with van der Waals surface area (Å²) in [7, 11) is 0. The molecule has 1 saturated heterocycles. The van der Waals surface area contributed by atoms with Crippen LogP contribution in [-0.4, -0.2) is 45.9 Å². The molecule has 0 spiro atoms. The Labute approximate surface area is 74.0 Å². The van der Waals surface area contributed by atoms with Gasteiger partial charge in [0.1, 0.15) is 0 Å². The lowest BCUT2D eigenvalue weighted by Gasteiger charge is -2.49. The highest BCUT2D eigenvalue weighted by atomic mass is 16.3. The molecule has 1 fully saturated rings. The molecule has 1 heterocycles. The van der Waals surface area contributed by atoms with E-state index in [0.29, 0.717) is 13.1 Å². The number of aliphatic hydroxyl groups excluding tert-OH is 1. The van der Waals surface area contributed by atoms with Crippen molar-refractivity contribution in [2.75, 3.05) is 13.1 Å². The van der Waals surface area contributed by atoms with Crippen LogP contribution in [0.1, 0.15) is 27.2 Å². The smallest absolute Gasteiger partial charge is 0.0897 e. The van der Waals surface area contributed by atoms with Gasteiger partial charge in [0.05, 0.1) is 11.7 Å². The van der Waals surface area contributed by atoms with Gasteiger partial charge in [-0.3, -0.25) is 4.90 Å². The van der Waals surface area contributed by atoms with Gasteiger partial charge in [-0.2, -0.15) is 0 Å². The van der Waals surface area contributed by atoms with Gasteiger partial charge in [-0.05, 0) is 20.3 Å². The van der Waals surface area contributed by atoms with Crippen LogP contribution >= 0.6 is 0 Å². The molecule has 0 aromatic carbocycles. The Morgan fingerprint density at radius 3 is 2.25 bits per heavy atom. The minimum atomic E-state index is -0.483. The lowest BCUT2D eigenvalue weighted by molar-refractivity contribution is -0.128. The number of likely N-dealkylation sites (tertiary alicyclic amines) is 1. The average Bonchev–Trinajstić information content (AvgIpc) is 1.97. The van der Waals surface area contributed by atoms with Crippen molar-refractivity contribution in [2.24, 2.45) is 0 Å². The summed E-state index contributed by atoms with van der Waals surface area (Å²) >= 11 is 0. The number of rotatable bonds is 3. The van der Waals surface area contributed by atoms with Crippen LogP contribution in [0.15, 0.2) is 0 Å². The van der Waals surface area contributed by atoms with Gasteiger partial charge < -0.3 is 10.2 Å². The zero-order valence-corrected chi connectivity index (χ0v) is 8.12. The Morgan fingerprint density at radius 2 is 1.92 bits per heavy atom. The van der Waals surface area contributed by atoms with E-state index in [1.165, 1.54) is 0 Å². The molecule has 12 heavy (non-hydrogen) atoms. The van der Waals surface area contributed by atoms with Crippen molar-refractivity contribution in [3.05, 3.63) is 0 Å². The Bertz CT molecular complexity index is 153. The molecule has 0 aliphatic carbocycles. The van der Waals surface area contributed by atoms with E-state index in [-0.39, 0.29) is 12.1 Å². The second-order valence-electron chi connectivity index (χ2n) is 3.96. The van der Waals surface area contributed by atoms with Crippen LogP contribution in [-0.2, 0) is 0 Å². The van der Waals surface area contributed by atoms with Crippen LogP contribution in [0.4, 0.5) is 0 Å². The molecule has 0 amide bonds. The summed E-state index contributed by atoms with van der Waals surface area (Å²) in [6.07, 6.45) is 0.488. The number of β-amino-alcohol motifs (C(OH)–C–C–N with tert-alkyl or cyclic N) is 1. The molecule has 1 aliphatic rings. The highest BCUT2D eigenvalue weighted by Crippen LogP contribution is 2.26. The largest absolute Gasteiger partial charge is 0.392 e. The number of hydrogen-bond donors (Lipinski definition) is 2. The molecule has 1 aliphatic heterocycles. The summed E-state index contributed by atoms with van der Waals surface area (Å²) in [5, 5.41) is 19.0. The zero-order valence-electron chi connectivity index (χ0n) is 8.12. The molecule has 2 N–H and O–H groups in total. The second-order valence-corrected chi connectivity index (χ2v) is 3.96. The third-order valence-electron chi connectivity index (χ3n) is 2.93. The van der Waals surface area contributed by atoms with Crippen molar-refractivity contribution in [2.45, 2.75) is 44.9 Å². The van der Waals surface area contributed by atoms with Gasteiger partial charge in [-0.15, -0.1) is 0 Å². The second kappa shape index (κ2) is 3.32. The Morgan fingerprint density at radius 1 is 1.42 bits per heavy atom. The summed E-state index contributed by atoms with van der Waals surface area (Å²) in [4.78, 5) is 2.11.